The van der Waals surface area contributed by atoms with Gasteiger partial charge >= 0.3 is 0 Å². The highest BCUT2D eigenvalue weighted by Gasteiger charge is 2.11. The molecule has 0 bridgehead atoms. The van der Waals surface area contributed by atoms with E-state index in [1.165, 1.54) is 11.8 Å². The van der Waals surface area contributed by atoms with Gasteiger partial charge in [0.15, 0.2) is 0 Å². The molecular weight excluding hydrogens is 326 g/mol. The fraction of sp³-hybridized carbons (Fsp3) is 0.118. The molecule has 0 aromatic carbocycles. The maximum Gasteiger partial charge on any atom is 0.254 e. The molecule has 23 heavy (non-hydrogen) atoms. The largest absolute Gasteiger partial charge is 0.348 e. The number of hydrogen-bond acceptors (Lipinski definition) is 5. The van der Waals surface area contributed by atoms with E-state index in [9.17, 15) is 4.79 Å². The van der Waals surface area contributed by atoms with E-state index in [4.69, 9.17) is 0 Å². The highest BCUT2D eigenvalue weighted by atomic mass is 32.2. The average Bonchev–Trinajstić information content (AvgIpc) is 3.14. The van der Waals surface area contributed by atoms with E-state index in [0.29, 0.717) is 12.1 Å². The Kier molecular flexibility index (Phi) is 5.05. The Morgan fingerprint density at radius 2 is 2.17 bits per heavy atom. The fourth-order valence-corrected chi connectivity index (χ4v) is 3.35. The summed E-state index contributed by atoms with van der Waals surface area (Å²) in [5.74, 6) is -0.114. The molecule has 0 aliphatic heterocycles. The van der Waals surface area contributed by atoms with E-state index in [1.807, 2.05) is 29.8 Å². The number of rotatable bonds is 5. The Bertz CT molecular complexity index is 803. The fourth-order valence-electron chi connectivity index (χ4n) is 2.16. The van der Waals surface area contributed by atoms with Crippen LogP contribution in [0.3, 0.4) is 0 Å². The minimum atomic E-state index is -0.114. The third kappa shape index (κ3) is 3.78. The number of amides is 1. The second kappa shape index (κ2) is 7.39. The monoisotopic (exact) mass is 341 g/mol. The van der Waals surface area contributed by atoms with E-state index in [2.05, 4.69) is 20.7 Å². The number of thiophene rings is 1. The molecule has 0 spiro atoms. The van der Waals surface area contributed by atoms with Gasteiger partial charge < -0.3 is 5.32 Å². The predicted octanol–water partition coefficient (Wildman–Crippen LogP) is 3.86. The molecule has 4 nitrogen and oxygen atoms in total. The molecule has 0 saturated carbocycles. The summed E-state index contributed by atoms with van der Waals surface area (Å²) in [6, 6.07) is 9.51. The van der Waals surface area contributed by atoms with Gasteiger partial charge in [-0.05, 0) is 47.5 Å². The smallest absolute Gasteiger partial charge is 0.254 e. The molecule has 0 aliphatic carbocycles. The second-order valence-electron chi connectivity index (χ2n) is 4.80. The average molecular weight is 341 g/mol. The highest BCUT2D eigenvalue weighted by Crippen LogP contribution is 2.21. The molecule has 3 heterocycles. The predicted molar refractivity (Wildman–Crippen MR) is 94.7 cm³/mol. The Labute approximate surface area is 143 Å². The van der Waals surface area contributed by atoms with Crippen LogP contribution < -0.4 is 5.32 Å². The molecule has 0 aliphatic rings. The van der Waals surface area contributed by atoms with Crippen molar-refractivity contribution in [3.8, 4) is 11.3 Å². The molecule has 3 aromatic heterocycles. The van der Waals surface area contributed by atoms with E-state index in [1.54, 1.807) is 35.9 Å². The zero-order valence-electron chi connectivity index (χ0n) is 12.5. The Hall–Kier alpha value is -2.18. The van der Waals surface area contributed by atoms with Gasteiger partial charge in [-0.25, -0.2) is 4.98 Å². The lowest BCUT2D eigenvalue weighted by Crippen LogP contribution is -2.23. The summed E-state index contributed by atoms with van der Waals surface area (Å²) in [6.45, 7) is 0.460. The minimum Gasteiger partial charge on any atom is -0.348 e. The molecule has 0 atom stereocenters. The van der Waals surface area contributed by atoms with Crippen LogP contribution in [-0.2, 0) is 6.54 Å². The summed E-state index contributed by atoms with van der Waals surface area (Å²) in [5.41, 5.74) is 3.64. The van der Waals surface area contributed by atoms with Crippen molar-refractivity contribution in [2.24, 2.45) is 0 Å². The first-order chi connectivity index (χ1) is 11.3. The number of nitrogens with one attached hydrogen (secondary N) is 1. The number of carbonyl (C=O) groups is 1. The Morgan fingerprint density at radius 3 is 2.96 bits per heavy atom. The topological polar surface area (TPSA) is 54.9 Å². The number of aromatic nitrogens is 2. The second-order valence-corrected chi connectivity index (χ2v) is 6.38. The van der Waals surface area contributed by atoms with Crippen molar-refractivity contribution >= 4 is 29.0 Å². The van der Waals surface area contributed by atoms with Crippen LogP contribution in [0.5, 0.6) is 0 Å². The van der Waals surface area contributed by atoms with Gasteiger partial charge in [-0.2, -0.15) is 11.3 Å². The van der Waals surface area contributed by atoms with Crippen molar-refractivity contribution in [3.05, 3.63) is 64.6 Å². The lowest BCUT2D eigenvalue weighted by atomic mass is 10.1. The van der Waals surface area contributed by atoms with E-state index >= 15 is 0 Å². The third-order valence-corrected chi connectivity index (χ3v) is 4.70. The highest BCUT2D eigenvalue weighted by molar-refractivity contribution is 7.98. The van der Waals surface area contributed by atoms with Gasteiger partial charge in [-0.3, -0.25) is 9.78 Å². The SMILES string of the molecule is CSc1ncccc1C(=O)NCc1ccnc(-c2ccsc2)c1. The quantitative estimate of drug-likeness (QED) is 0.716. The molecule has 6 heteroatoms. The van der Waals surface area contributed by atoms with Crippen LogP contribution in [-0.4, -0.2) is 22.1 Å². The molecule has 3 rings (SSSR count). The van der Waals surface area contributed by atoms with Crippen LogP contribution in [0.15, 0.2) is 58.5 Å². The van der Waals surface area contributed by atoms with Crippen molar-refractivity contribution in [3.63, 3.8) is 0 Å². The first-order valence-corrected chi connectivity index (χ1v) is 9.19. The maximum atomic E-state index is 12.3. The van der Waals surface area contributed by atoms with E-state index in [-0.39, 0.29) is 5.91 Å². The van der Waals surface area contributed by atoms with Gasteiger partial charge in [0.05, 0.1) is 11.3 Å². The molecule has 0 saturated heterocycles. The zero-order chi connectivity index (χ0) is 16.1. The normalized spacial score (nSPS) is 10.5. The molecule has 0 radical (unpaired) electrons. The first kappa shape index (κ1) is 15.7. The Morgan fingerprint density at radius 1 is 1.26 bits per heavy atom. The van der Waals surface area contributed by atoms with Crippen molar-refractivity contribution < 1.29 is 4.79 Å². The van der Waals surface area contributed by atoms with Crippen molar-refractivity contribution in [2.45, 2.75) is 11.6 Å². The molecule has 0 fully saturated rings. The lowest BCUT2D eigenvalue weighted by Gasteiger charge is -2.08. The molecule has 116 valence electrons. The van der Waals surface area contributed by atoms with Crippen LogP contribution in [0.1, 0.15) is 15.9 Å². The van der Waals surface area contributed by atoms with E-state index < -0.39 is 0 Å². The number of hydrogen-bond donors (Lipinski definition) is 1. The van der Waals surface area contributed by atoms with Crippen LogP contribution in [0.25, 0.3) is 11.3 Å². The van der Waals surface area contributed by atoms with Crippen molar-refractivity contribution in [1.29, 1.82) is 0 Å². The standard InChI is InChI=1S/C17H15N3OS2/c1-22-17-14(3-2-6-19-17)16(21)20-10-12-4-7-18-15(9-12)13-5-8-23-11-13/h2-9,11H,10H2,1H3,(H,20,21). The van der Waals surface area contributed by atoms with Crippen molar-refractivity contribution in [2.75, 3.05) is 6.26 Å². The number of nitrogens with zero attached hydrogens (tertiary/aromatic N) is 2. The number of thioether (sulfide) groups is 1. The number of pyridine rings is 2. The summed E-state index contributed by atoms with van der Waals surface area (Å²) in [6.07, 6.45) is 5.37. The van der Waals surface area contributed by atoms with Crippen LogP contribution >= 0.6 is 23.1 Å². The van der Waals surface area contributed by atoms with Gasteiger partial charge in [-0.1, -0.05) is 0 Å². The minimum absolute atomic E-state index is 0.114. The summed E-state index contributed by atoms with van der Waals surface area (Å²) >= 11 is 3.11. The first-order valence-electron chi connectivity index (χ1n) is 7.02. The summed E-state index contributed by atoms with van der Waals surface area (Å²) in [7, 11) is 0. The van der Waals surface area contributed by atoms with Crippen LogP contribution in [0, 0.1) is 0 Å². The Balaban J connectivity index is 1.71. The number of carbonyl (C=O) groups excluding carboxylic acids is 1. The van der Waals surface area contributed by atoms with Crippen molar-refractivity contribution in [1.82, 2.24) is 15.3 Å². The molecule has 0 unspecified atom stereocenters. The van der Waals surface area contributed by atoms with Gasteiger partial charge in [0.25, 0.3) is 5.91 Å². The zero-order valence-corrected chi connectivity index (χ0v) is 14.2. The van der Waals surface area contributed by atoms with Gasteiger partial charge in [-0.15, -0.1) is 11.8 Å². The molecule has 3 aromatic rings. The maximum absolute atomic E-state index is 12.3. The molecular formula is C17H15N3OS2. The lowest BCUT2D eigenvalue weighted by molar-refractivity contribution is 0.0947. The summed E-state index contributed by atoms with van der Waals surface area (Å²) in [4.78, 5) is 20.9. The molecule has 1 amide bonds. The van der Waals surface area contributed by atoms with E-state index in [0.717, 1.165) is 21.8 Å². The van der Waals surface area contributed by atoms with Gasteiger partial charge in [0.2, 0.25) is 0 Å². The summed E-state index contributed by atoms with van der Waals surface area (Å²) < 4.78 is 0. The van der Waals surface area contributed by atoms with Gasteiger partial charge in [0, 0.05) is 29.9 Å². The molecule has 1 N–H and O–H groups in total. The summed E-state index contributed by atoms with van der Waals surface area (Å²) in [5, 5.41) is 7.77. The van der Waals surface area contributed by atoms with Crippen LogP contribution in [0.2, 0.25) is 0 Å². The third-order valence-electron chi connectivity index (χ3n) is 3.30. The van der Waals surface area contributed by atoms with Crippen LogP contribution in [0.4, 0.5) is 0 Å². The van der Waals surface area contributed by atoms with Gasteiger partial charge in [0.1, 0.15) is 5.03 Å².